The fourth-order valence-electron chi connectivity index (χ4n) is 2.66. The highest BCUT2D eigenvalue weighted by atomic mass is 16.5. The van der Waals surface area contributed by atoms with Gasteiger partial charge in [0.05, 0.1) is 19.6 Å². The number of hydrogen-bond donors (Lipinski definition) is 3. The van der Waals surface area contributed by atoms with Crippen molar-refractivity contribution in [2.24, 2.45) is 11.1 Å². The molecular weight excluding hydrogens is 344 g/mol. The summed E-state index contributed by atoms with van der Waals surface area (Å²) in [7, 11) is 0. The molecule has 2 aromatic carbocycles. The van der Waals surface area contributed by atoms with E-state index in [0.717, 1.165) is 5.56 Å². The summed E-state index contributed by atoms with van der Waals surface area (Å²) >= 11 is 0. The molecular formula is C21H26N2O4. The van der Waals surface area contributed by atoms with Crippen molar-refractivity contribution in [2.45, 2.75) is 19.8 Å². The van der Waals surface area contributed by atoms with E-state index in [4.69, 9.17) is 10.5 Å². The SMILES string of the molecule is CC(CO)(CNC(=O)CCOc1cccc(C(N)=O)c1)Cc1ccccc1. The lowest BCUT2D eigenvalue weighted by atomic mass is 9.84. The first-order chi connectivity index (χ1) is 12.9. The summed E-state index contributed by atoms with van der Waals surface area (Å²) in [5.74, 6) is -0.197. The van der Waals surface area contributed by atoms with Crippen molar-refractivity contribution in [3.63, 3.8) is 0 Å². The molecule has 6 nitrogen and oxygen atoms in total. The molecule has 0 saturated carbocycles. The predicted octanol–water partition coefficient (Wildman–Crippen LogP) is 1.91. The number of carbonyl (C=O) groups is 2. The third-order valence-corrected chi connectivity index (χ3v) is 4.28. The Morgan fingerprint density at radius 3 is 2.56 bits per heavy atom. The molecule has 1 atom stereocenters. The summed E-state index contributed by atoms with van der Waals surface area (Å²) < 4.78 is 5.50. The lowest BCUT2D eigenvalue weighted by molar-refractivity contribution is -0.122. The van der Waals surface area contributed by atoms with Crippen molar-refractivity contribution in [3.05, 3.63) is 65.7 Å². The lowest BCUT2D eigenvalue weighted by Crippen LogP contribution is -2.39. The van der Waals surface area contributed by atoms with Crippen LogP contribution in [0.2, 0.25) is 0 Å². The highest BCUT2D eigenvalue weighted by molar-refractivity contribution is 5.93. The van der Waals surface area contributed by atoms with Crippen LogP contribution in [0.5, 0.6) is 5.75 Å². The number of primary amides is 1. The number of rotatable bonds is 10. The monoisotopic (exact) mass is 370 g/mol. The van der Waals surface area contributed by atoms with Crippen LogP contribution in [0.1, 0.15) is 29.3 Å². The fraction of sp³-hybridized carbons (Fsp3) is 0.333. The van der Waals surface area contributed by atoms with Crippen molar-refractivity contribution in [2.75, 3.05) is 19.8 Å². The van der Waals surface area contributed by atoms with Gasteiger partial charge in [0, 0.05) is 17.5 Å². The predicted molar refractivity (Wildman–Crippen MR) is 103 cm³/mol. The largest absolute Gasteiger partial charge is 0.493 e. The summed E-state index contributed by atoms with van der Waals surface area (Å²) in [6, 6.07) is 16.4. The number of aliphatic hydroxyl groups is 1. The topological polar surface area (TPSA) is 102 Å². The molecule has 0 aliphatic heterocycles. The fourth-order valence-corrected chi connectivity index (χ4v) is 2.66. The molecule has 0 aromatic heterocycles. The zero-order valence-electron chi connectivity index (χ0n) is 15.5. The van der Waals surface area contributed by atoms with Crippen molar-refractivity contribution < 1.29 is 19.4 Å². The highest BCUT2D eigenvalue weighted by Gasteiger charge is 2.24. The van der Waals surface area contributed by atoms with Crippen LogP contribution in [-0.2, 0) is 11.2 Å². The molecule has 2 aromatic rings. The van der Waals surface area contributed by atoms with Gasteiger partial charge in [-0.25, -0.2) is 0 Å². The van der Waals surface area contributed by atoms with Gasteiger partial charge in [0.15, 0.2) is 0 Å². The van der Waals surface area contributed by atoms with Crippen LogP contribution in [0.4, 0.5) is 0 Å². The minimum absolute atomic E-state index is 0.0292. The van der Waals surface area contributed by atoms with E-state index in [-0.39, 0.29) is 25.5 Å². The molecule has 0 spiro atoms. The molecule has 6 heteroatoms. The van der Waals surface area contributed by atoms with E-state index in [9.17, 15) is 14.7 Å². The molecule has 0 saturated heterocycles. The van der Waals surface area contributed by atoms with Gasteiger partial charge in [0.25, 0.3) is 0 Å². The Hall–Kier alpha value is -2.86. The maximum absolute atomic E-state index is 12.1. The van der Waals surface area contributed by atoms with Crippen LogP contribution in [0.15, 0.2) is 54.6 Å². The molecule has 0 aliphatic rings. The Labute approximate surface area is 159 Å². The number of ether oxygens (including phenoxy) is 1. The summed E-state index contributed by atoms with van der Waals surface area (Å²) in [6.07, 6.45) is 0.842. The van der Waals surface area contributed by atoms with E-state index >= 15 is 0 Å². The Kier molecular flexibility index (Phi) is 7.37. The number of benzene rings is 2. The maximum Gasteiger partial charge on any atom is 0.248 e. The van der Waals surface area contributed by atoms with Crippen molar-refractivity contribution in [1.82, 2.24) is 5.32 Å². The van der Waals surface area contributed by atoms with E-state index in [1.807, 2.05) is 37.3 Å². The van der Waals surface area contributed by atoms with Gasteiger partial charge in [-0.1, -0.05) is 43.3 Å². The molecule has 0 aliphatic carbocycles. The molecule has 0 bridgehead atoms. The first kappa shape index (κ1) is 20.5. The Morgan fingerprint density at radius 2 is 1.89 bits per heavy atom. The number of aliphatic hydroxyl groups excluding tert-OH is 1. The molecule has 0 fully saturated rings. The number of amides is 2. The van der Waals surface area contributed by atoms with Crippen LogP contribution in [-0.4, -0.2) is 36.7 Å². The molecule has 2 rings (SSSR count). The van der Waals surface area contributed by atoms with Gasteiger partial charge < -0.3 is 20.9 Å². The van der Waals surface area contributed by atoms with E-state index in [2.05, 4.69) is 5.32 Å². The summed E-state index contributed by atoms with van der Waals surface area (Å²) in [6.45, 7) is 2.46. The molecule has 1 unspecified atom stereocenters. The zero-order valence-corrected chi connectivity index (χ0v) is 15.5. The Morgan fingerprint density at radius 1 is 1.15 bits per heavy atom. The van der Waals surface area contributed by atoms with Gasteiger partial charge >= 0.3 is 0 Å². The first-order valence-electron chi connectivity index (χ1n) is 8.86. The Balaban J connectivity index is 1.78. The second-order valence-electron chi connectivity index (χ2n) is 6.90. The highest BCUT2D eigenvalue weighted by Crippen LogP contribution is 2.21. The van der Waals surface area contributed by atoms with Crippen molar-refractivity contribution >= 4 is 11.8 Å². The second kappa shape index (κ2) is 9.73. The summed E-state index contributed by atoms with van der Waals surface area (Å²) in [5, 5.41) is 12.6. The minimum Gasteiger partial charge on any atom is -0.493 e. The van der Waals surface area contributed by atoms with E-state index in [1.54, 1.807) is 24.3 Å². The average molecular weight is 370 g/mol. The van der Waals surface area contributed by atoms with Gasteiger partial charge in [-0.15, -0.1) is 0 Å². The average Bonchev–Trinajstić information content (AvgIpc) is 2.67. The van der Waals surface area contributed by atoms with Crippen LogP contribution in [0, 0.1) is 5.41 Å². The maximum atomic E-state index is 12.1. The first-order valence-corrected chi connectivity index (χ1v) is 8.86. The van der Waals surface area contributed by atoms with Gasteiger partial charge in [0.1, 0.15) is 5.75 Å². The van der Waals surface area contributed by atoms with Gasteiger partial charge in [-0.3, -0.25) is 9.59 Å². The van der Waals surface area contributed by atoms with Gasteiger partial charge in [-0.2, -0.15) is 0 Å². The normalized spacial score (nSPS) is 12.8. The van der Waals surface area contributed by atoms with Crippen LogP contribution in [0.25, 0.3) is 0 Å². The molecule has 4 N–H and O–H groups in total. The summed E-state index contributed by atoms with van der Waals surface area (Å²) in [5.41, 5.74) is 6.26. The number of hydrogen-bond acceptors (Lipinski definition) is 4. The lowest BCUT2D eigenvalue weighted by Gasteiger charge is -2.27. The third-order valence-electron chi connectivity index (χ3n) is 4.28. The van der Waals surface area contributed by atoms with Crippen LogP contribution >= 0.6 is 0 Å². The minimum atomic E-state index is -0.528. The van der Waals surface area contributed by atoms with Crippen molar-refractivity contribution in [3.8, 4) is 5.75 Å². The van der Waals surface area contributed by atoms with E-state index in [0.29, 0.717) is 24.3 Å². The number of nitrogens with one attached hydrogen (secondary N) is 1. The molecule has 0 radical (unpaired) electrons. The summed E-state index contributed by atoms with van der Waals surface area (Å²) in [4.78, 5) is 23.2. The third kappa shape index (κ3) is 6.75. The van der Waals surface area contributed by atoms with Gasteiger partial charge in [0.2, 0.25) is 11.8 Å². The Bertz CT molecular complexity index is 764. The van der Waals surface area contributed by atoms with Gasteiger partial charge in [-0.05, 0) is 30.2 Å². The number of carbonyl (C=O) groups excluding carboxylic acids is 2. The van der Waals surface area contributed by atoms with Crippen LogP contribution in [0.3, 0.4) is 0 Å². The molecule has 0 heterocycles. The smallest absolute Gasteiger partial charge is 0.248 e. The van der Waals surface area contributed by atoms with E-state index in [1.165, 1.54) is 0 Å². The molecule has 2 amide bonds. The second-order valence-corrected chi connectivity index (χ2v) is 6.90. The molecule has 27 heavy (non-hydrogen) atoms. The quantitative estimate of drug-likeness (QED) is 0.594. The molecule has 144 valence electrons. The van der Waals surface area contributed by atoms with E-state index < -0.39 is 11.3 Å². The number of nitrogens with two attached hydrogens (primary N) is 1. The van der Waals surface area contributed by atoms with Crippen LogP contribution < -0.4 is 15.8 Å². The van der Waals surface area contributed by atoms with Crippen molar-refractivity contribution in [1.29, 1.82) is 0 Å². The standard InChI is InChI=1S/C21H26N2O4/c1-21(15-24,13-16-6-3-2-4-7-16)14-23-19(25)10-11-27-18-9-5-8-17(12-18)20(22)26/h2-9,12,24H,10-11,13-15H2,1H3,(H2,22,26)(H,23,25). The zero-order chi connectivity index (χ0) is 19.7.